The molecule has 2 saturated heterocycles. The molecule has 3 heterocycles. The molecule has 2 aromatic carbocycles. The van der Waals surface area contributed by atoms with E-state index in [1.54, 1.807) is 36.6 Å². The normalized spacial score (nSPS) is 18.9. The van der Waals surface area contributed by atoms with Crippen LogP contribution in [0.15, 0.2) is 12.1 Å². The minimum Gasteiger partial charge on any atom is -0.444 e. The standard InChI is InChI=1S/C27H26F4N6O2/c1-12-7-15(17(9-32)22(33)20(12)29)19-18(28)8-16-23(21(19)30)34-25(31)35-24(16)36-10-13-5-6-14(11-36)37(13)26(38)39-27(2,3)4/h7-8,13-14H,5-6,10-11,33H2,1-4H3/t13-,14+. The third kappa shape index (κ3) is 4.45. The average Bonchev–Trinajstić information content (AvgIpc) is 3.11. The van der Waals surface area contributed by atoms with E-state index in [0.717, 1.165) is 12.1 Å². The van der Waals surface area contributed by atoms with Crippen LogP contribution < -0.4 is 10.6 Å². The Hall–Kier alpha value is -4.14. The second kappa shape index (κ2) is 9.25. The first-order valence-corrected chi connectivity index (χ1v) is 12.4. The molecule has 12 heteroatoms. The fraction of sp³-hybridized carbons (Fsp3) is 0.407. The van der Waals surface area contributed by atoms with Crippen molar-refractivity contribution in [2.45, 2.75) is 58.2 Å². The van der Waals surface area contributed by atoms with Gasteiger partial charge in [0.25, 0.3) is 0 Å². The highest BCUT2D eigenvalue weighted by Gasteiger charge is 2.45. The van der Waals surface area contributed by atoms with Crippen LogP contribution in [0.3, 0.4) is 0 Å². The second-order valence-corrected chi connectivity index (χ2v) is 10.9. The van der Waals surface area contributed by atoms with E-state index in [1.807, 2.05) is 0 Å². The SMILES string of the molecule is Cc1cc(-c2c(F)cc3c(N4C[C@H]5CC[C@@H](C4)N5C(=O)OC(C)(C)C)nc(F)nc3c2F)c(C#N)c(N)c1F. The predicted octanol–water partition coefficient (Wildman–Crippen LogP) is 5.20. The highest BCUT2D eigenvalue weighted by Crippen LogP contribution is 2.40. The van der Waals surface area contributed by atoms with Crippen LogP contribution in [-0.2, 0) is 4.74 Å². The van der Waals surface area contributed by atoms with Crippen LogP contribution in [0.2, 0.25) is 0 Å². The third-order valence-electron chi connectivity index (χ3n) is 7.08. The first-order valence-electron chi connectivity index (χ1n) is 12.4. The van der Waals surface area contributed by atoms with Gasteiger partial charge in [0.15, 0.2) is 5.82 Å². The van der Waals surface area contributed by atoms with Crippen molar-refractivity contribution < 1.29 is 27.1 Å². The number of nitrogen functional groups attached to an aromatic ring is 1. The summed E-state index contributed by atoms with van der Waals surface area (Å²) >= 11 is 0. The van der Waals surface area contributed by atoms with E-state index in [9.17, 15) is 18.8 Å². The van der Waals surface area contributed by atoms with E-state index < -0.39 is 57.6 Å². The van der Waals surface area contributed by atoms with Crippen LogP contribution in [0, 0.1) is 41.8 Å². The first-order chi connectivity index (χ1) is 18.3. The van der Waals surface area contributed by atoms with Crippen LogP contribution in [0.5, 0.6) is 0 Å². The Kier molecular flexibility index (Phi) is 6.28. The molecule has 2 bridgehead atoms. The summed E-state index contributed by atoms with van der Waals surface area (Å²) in [5.41, 5.74) is 2.59. The van der Waals surface area contributed by atoms with Crippen molar-refractivity contribution in [3.8, 4) is 17.2 Å². The Bertz CT molecular complexity index is 1550. The molecule has 0 aliphatic carbocycles. The molecule has 2 aliphatic heterocycles. The molecule has 0 radical (unpaired) electrons. The molecule has 3 aromatic rings. The summed E-state index contributed by atoms with van der Waals surface area (Å²) in [6.45, 7) is 7.17. The molecule has 2 aliphatic rings. The maximum Gasteiger partial charge on any atom is 0.410 e. The van der Waals surface area contributed by atoms with E-state index in [0.29, 0.717) is 12.8 Å². The summed E-state index contributed by atoms with van der Waals surface area (Å²) in [7, 11) is 0. The van der Waals surface area contributed by atoms with Gasteiger partial charge in [0.1, 0.15) is 34.6 Å². The zero-order chi connectivity index (χ0) is 28.4. The summed E-state index contributed by atoms with van der Waals surface area (Å²) in [6, 6.07) is 3.26. The number of nitrogens with two attached hydrogens (primary N) is 1. The number of hydrogen-bond acceptors (Lipinski definition) is 7. The van der Waals surface area contributed by atoms with Crippen molar-refractivity contribution >= 4 is 28.5 Å². The zero-order valence-corrected chi connectivity index (χ0v) is 21.8. The molecule has 204 valence electrons. The number of nitriles is 1. The smallest absolute Gasteiger partial charge is 0.410 e. The van der Waals surface area contributed by atoms with Crippen LogP contribution in [-0.4, -0.2) is 51.7 Å². The second-order valence-electron chi connectivity index (χ2n) is 10.9. The van der Waals surface area contributed by atoms with Gasteiger partial charge in [-0.2, -0.15) is 19.6 Å². The van der Waals surface area contributed by atoms with Crippen molar-refractivity contribution in [3.63, 3.8) is 0 Å². The largest absolute Gasteiger partial charge is 0.444 e. The van der Waals surface area contributed by atoms with Crippen LogP contribution >= 0.6 is 0 Å². The Morgan fingerprint density at radius 1 is 1.10 bits per heavy atom. The van der Waals surface area contributed by atoms with Gasteiger partial charge in [-0.15, -0.1) is 0 Å². The molecule has 0 saturated carbocycles. The number of carbonyl (C=O) groups excluding carboxylic acids is 1. The maximum atomic E-state index is 15.9. The van der Waals surface area contributed by atoms with Gasteiger partial charge in [-0.1, -0.05) is 0 Å². The Balaban J connectivity index is 1.59. The van der Waals surface area contributed by atoms with E-state index >= 15 is 8.78 Å². The van der Waals surface area contributed by atoms with Gasteiger partial charge in [0, 0.05) is 24.0 Å². The maximum absolute atomic E-state index is 15.9. The zero-order valence-electron chi connectivity index (χ0n) is 21.8. The molecule has 5 rings (SSSR count). The first kappa shape index (κ1) is 26.5. The minimum atomic E-state index is -1.23. The summed E-state index contributed by atoms with van der Waals surface area (Å²) in [4.78, 5) is 23.6. The molecular formula is C27H26F4N6O2. The van der Waals surface area contributed by atoms with E-state index in [-0.39, 0.29) is 47.5 Å². The molecule has 2 N–H and O–H groups in total. The summed E-state index contributed by atoms with van der Waals surface area (Å²) < 4.78 is 66.0. The number of amides is 1. The van der Waals surface area contributed by atoms with Crippen LogP contribution in [0.1, 0.15) is 44.7 Å². The number of benzene rings is 2. The number of anilines is 2. The topological polar surface area (TPSA) is 108 Å². The Morgan fingerprint density at radius 3 is 2.33 bits per heavy atom. The van der Waals surface area contributed by atoms with Gasteiger partial charge >= 0.3 is 12.2 Å². The fourth-order valence-electron chi connectivity index (χ4n) is 5.47. The summed E-state index contributed by atoms with van der Waals surface area (Å²) in [5.74, 6) is -3.19. The van der Waals surface area contributed by atoms with Crippen molar-refractivity contribution in [1.29, 1.82) is 5.26 Å². The number of aromatic nitrogens is 2. The van der Waals surface area contributed by atoms with Gasteiger partial charge in [0.05, 0.1) is 28.9 Å². The third-order valence-corrected chi connectivity index (χ3v) is 7.08. The molecular weight excluding hydrogens is 516 g/mol. The fourth-order valence-corrected chi connectivity index (χ4v) is 5.47. The van der Waals surface area contributed by atoms with Gasteiger partial charge in [-0.25, -0.2) is 18.0 Å². The molecule has 0 unspecified atom stereocenters. The quantitative estimate of drug-likeness (QED) is 0.269. The van der Waals surface area contributed by atoms with Crippen LogP contribution in [0.4, 0.5) is 33.9 Å². The van der Waals surface area contributed by atoms with E-state index in [1.165, 1.54) is 6.92 Å². The molecule has 0 spiro atoms. The van der Waals surface area contributed by atoms with Crippen molar-refractivity contribution in [2.24, 2.45) is 0 Å². The number of carbonyl (C=O) groups is 1. The lowest BCUT2D eigenvalue weighted by atomic mass is 9.94. The highest BCUT2D eigenvalue weighted by atomic mass is 19.1. The van der Waals surface area contributed by atoms with Crippen LogP contribution in [0.25, 0.3) is 22.0 Å². The molecule has 1 aromatic heterocycles. The predicted molar refractivity (Wildman–Crippen MR) is 136 cm³/mol. The number of fused-ring (bicyclic) bond motifs is 3. The minimum absolute atomic E-state index is 0.0158. The number of aryl methyl sites for hydroxylation is 1. The lowest BCUT2D eigenvalue weighted by molar-refractivity contribution is 0.0122. The van der Waals surface area contributed by atoms with E-state index in [2.05, 4.69) is 9.97 Å². The molecule has 2 atom stereocenters. The molecule has 39 heavy (non-hydrogen) atoms. The number of hydrogen-bond donors (Lipinski definition) is 1. The molecule has 2 fully saturated rings. The monoisotopic (exact) mass is 542 g/mol. The Labute approximate surface area is 222 Å². The summed E-state index contributed by atoms with van der Waals surface area (Å²) in [6.07, 6.45) is -0.314. The van der Waals surface area contributed by atoms with Crippen molar-refractivity contribution in [2.75, 3.05) is 23.7 Å². The van der Waals surface area contributed by atoms with Gasteiger partial charge in [0.2, 0.25) is 0 Å². The summed E-state index contributed by atoms with van der Waals surface area (Å²) in [5, 5.41) is 9.46. The number of ether oxygens (including phenoxy) is 1. The highest BCUT2D eigenvalue weighted by molar-refractivity contribution is 5.94. The van der Waals surface area contributed by atoms with E-state index in [4.69, 9.17) is 10.5 Å². The van der Waals surface area contributed by atoms with Gasteiger partial charge < -0.3 is 15.4 Å². The Morgan fingerprint density at radius 2 is 1.74 bits per heavy atom. The van der Waals surface area contributed by atoms with Gasteiger partial charge in [-0.05, 0) is 58.2 Å². The lowest BCUT2D eigenvalue weighted by Gasteiger charge is -2.42. The number of halogens is 4. The van der Waals surface area contributed by atoms with Crippen molar-refractivity contribution in [3.05, 3.63) is 46.8 Å². The van der Waals surface area contributed by atoms with Gasteiger partial charge in [-0.3, -0.25) is 4.90 Å². The molecule has 8 nitrogen and oxygen atoms in total. The molecule has 1 amide bonds. The number of piperazine rings is 1. The number of rotatable bonds is 2. The average molecular weight is 543 g/mol. The lowest BCUT2D eigenvalue weighted by Crippen LogP contribution is -2.57. The number of nitrogens with zero attached hydrogens (tertiary/aromatic N) is 5. The van der Waals surface area contributed by atoms with Crippen molar-refractivity contribution in [1.82, 2.24) is 14.9 Å².